The second-order valence-electron chi connectivity index (χ2n) is 7.39. The lowest BCUT2D eigenvalue weighted by Gasteiger charge is -2.11. The van der Waals surface area contributed by atoms with Crippen molar-refractivity contribution >= 4 is 39.0 Å². The van der Waals surface area contributed by atoms with Gasteiger partial charge in [0.05, 0.1) is 36.6 Å². The molecule has 0 saturated carbocycles. The second-order valence-corrected chi connectivity index (χ2v) is 8.83. The quantitative estimate of drug-likeness (QED) is 0.282. The molecule has 0 bridgehead atoms. The number of nitrogens with one attached hydrogen (secondary N) is 1. The van der Waals surface area contributed by atoms with E-state index in [-0.39, 0.29) is 18.9 Å². The van der Waals surface area contributed by atoms with Crippen LogP contribution in [0.15, 0.2) is 55.1 Å². The summed E-state index contributed by atoms with van der Waals surface area (Å²) in [6.45, 7) is 1.07. The number of rotatable bonds is 9. The van der Waals surface area contributed by atoms with E-state index in [1.54, 1.807) is 23.1 Å². The van der Waals surface area contributed by atoms with Crippen LogP contribution in [0.4, 0.5) is 10.3 Å². The molecule has 0 radical (unpaired) electrons. The summed E-state index contributed by atoms with van der Waals surface area (Å²) < 4.78 is 23.0. The zero-order valence-corrected chi connectivity index (χ0v) is 19.8. The number of pyridine rings is 1. The Hall–Kier alpha value is -3.67. The van der Waals surface area contributed by atoms with E-state index in [0.717, 1.165) is 27.4 Å². The average Bonchev–Trinajstić information content (AvgIpc) is 3.54. The molecule has 12 heteroatoms. The molecule has 0 spiro atoms. The van der Waals surface area contributed by atoms with Crippen molar-refractivity contribution in [3.63, 3.8) is 0 Å². The molecule has 0 fully saturated rings. The Bertz CT molecular complexity index is 1460. The number of nitrogens with zero attached hydrogens (tertiary/aromatic N) is 6. The molecule has 4 heterocycles. The summed E-state index contributed by atoms with van der Waals surface area (Å²) in [5, 5.41) is 21.2. The molecule has 5 rings (SSSR count). The molecular weight excluding hydrogens is 493 g/mol. The van der Waals surface area contributed by atoms with Gasteiger partial charge in [-0.3, -0.25) is 4.68 Å². The van der Waals surface area contributed by atoms with Crippen molar-refractivity contribution in [1.29, 1.82) is 0 Å². The van der Waals surface area contributed by atoms with Gasteiger partial charge in [0.1, 0.15) is 23.2 Å². The lowest BCUT2D eigenvalue weighted by atomic mass is 10.0. The maximum absolute atomic E-state index is 14.8. The Morgan fingerprint density at radius 2 is 2.09 bits per heavy atom. The predicted octanol–water partition coefficient (Wildman–Crippen LogP) is 4.29. The fraction of sp³-hybridized carbons (Fsp3) is 0.174. The number of hydrogen-bond acceptors (Lipinski definition) is 9. The normalized spacial score (nSPS) is 11.2. The summed E-state index contributed by atoms with van der Waals surface area (Å²) in [7, 11) is 0. The smallest absolute Gasteiger partial charge is 0.223 e. The van der Waals surface area contributed by atoms with Gasteiger partial charge in [-0.1, -0.05) is 35.0 Å². The minimum Gasteiger partial charge on any atom is -0.489 e. The Kier molecular flexibility index (Phi) is 6.80. The van der Waals surface area contributed by atoms with E-state index in [1.807, 2.05) is 24.3 Å². The third-order valence-corrected chi connectivity index (χ3v) is 6.49. The fourth-order valence-corrected chi connectivity index (χ4v) is 4.89. The summed E-state index contributed by atoms with van der Waals surface area (Å²) in [5.41, 5.74) is 1.80. The highest BCUT2D eigenvalue weighted by atomic mass is 35.5. The number of ether oxygens (including phenoxy) is 1. The minimum absolute atomic E-state index is 0.126. The molecule has 9 nitrogen and oxygen atoms in total. The summed E-state index contributed by atoms with van der Waals surface area (Å²) in [4.78, 5) is 13.2. The number of aliphatic hydroxyl groups excluding tert-OH is 1. The molecule has 2 N–H and O–H groups in total. The number of hydrogen-bond donors (Lipinski definition) is 2. The van der Waals surface area contributed by atoms with E-state index in [4.69, 9.17) is 21.4 Å². The molecule has 5 aromatic rings. The van der Waals surface area contributed by atoms with Crippen LogP contribution in [0.3, 0.4) is 0 Å². The first kappa shape index (κ1) is 23.1. The Morgan fingerprint density at radius 1 is 1.17 bits per heavy atom. The molecule has 0 saturated heterocycles. The van der Waals surface area contributed by atoms with Crippen molar-refractivity contribution in [3.05, 3.63) is 66.1 Å². The van der Waals surface area contributed by atoms with Crippen LogP contribution in [0.1, 0.15) is 0 Å². The summed E-state index contributed by atoms with van der Waals surface area (Å²) >= 11 is 7.58. The zero-order chi connectivity index (χ0) is 24.2. The van der Waals surface area contributed by atoms with Crippen LogP contribution in [0.25, 0.3) is 31.8 Å². The maximum atomic E-state index is 14.8. The Balaban J connectivity index is 1.48. The molecule has 0 aliphatic carbocycles. The molecule has 0 unspecified atom stereocenters. The first-order valence-corrected chi connectivity index (χ1v) is 11.8. The number of halogens is 2. The zero-order valence-electron chi connectivity index (χ0n) is 18.2. The summed E-state index contributed by atoms with van der Waals surface area (Å²) in [6.07, 6.45) is 6.05. The monoisotopic (exact) mass is 511 g/mol. The van der Waals surface area contributed by atoms with E-state index in [0.29, 0.717) is 34.8 Å². The molecule has 1 aromatic carbocycles. The number of thiophene rings is 1. The lowest BCUT2D eigenvalue weighted by Crippen LogP contribution is -2.13. The number of fused-ring (bicyclic) bond motifs is 1. The lowest BCUT2D eigenvalue weighted by molar-refractivity contribution is 0.201. The predicted molar refractivity (Wildman–Crippen MR) is 132 cm³/mol. The molecule has 0 amide bonds. The third kappa shape index (κ3) is 5.06. The van der Waals surface area contributed by atoms with E-state index in [9.17, 15) is 4.39 Å². The molecule has 0 atom stereocenters. The van der Waals surface area contributed by atoms with Gasteiger partial charge in [-0.25, -0.2) is 19.3 Å². The highest BCUT2D eigenvalue weighted by molar-refractivity contribution is 7.22. The molecular formula is C23H19ClFN7O2S. The van der Waals surface area contributed by atoms with Gasteiger partial charge in [0.2, 0.25) is 5.95 Å². The van der Waals surface area contributed by atoms with Crippen LogP contribution in [0.5, 0.6) is 5.75 Å². The average molecular weight is 512 g/mol. The van der Waals surface area contributed by atoms with E-state index in [2.05, 4.69) is 30.6 Å². The van der Waals surface area contributed by atoms with Crippen LogP contribution < -0.4 is 10.1 Å². The molecule has 4 aromatic heterocycles. The number of aromatic nitrogens is 6. The Morgan fingerprint density at radius 3 is 2.91 bits per heavy atom. The van der Waals surface area contributed by atoms with Crippen molar-refractivity contribution < 1.29 is 14.2 Å². The highest BCUT2D eigenvalue weighted by Gasteiger charge is 2.17. The topological polar surface area (TPSA) is 111 Å². The largest absolute Gasteiger partial charge is 0.489 e. The minimum atomic E-state index is -0.515. The van der Waals surface area contributed by atoms with Crippen LogP contribution in [-0.4, -0.2) is 54.8 Å². The van der Waals surface area contributed by atoms with Gasteiger partial charge in [0.25, 0.3) is 0 Å². The SMILES string of the molecule is OCCOc1cnc(Cl)cc1-c1cccc2cc(-c3nc(NCCn4ccnn4)ncc3F)sc12. The van der Waals surface area contributed by atoms with Gasteiger partial charge in [-0.2, -0.15) is 0 Å². The van der Waals surface area contributed by atoms with E-state index in [1.165, 1.54) is 17.5 Å². The van der Waals surface area contributed by atoms with Crippen molar-refractivity contribution in [1.82, 2.24) is 29.9 Å². The van der Waals surface area contributed by atoms with E-state index >= 15 is 0 Å². The molecule has 0 aliphatic rings. The van der Waals surface area contributed by atoms with Gasteiger partial charge in [-0.15, -0.1) is 16.4 Å². The summed E-state index contributed by atoms with van der Waals surface area (Å²) in [6, 6.07) is 9.40. The number of benzene rings is 1. The molecule has 0 aliphatic heterocycles. The third-order valence-electron chi connectivity index (χ3n) is 5.09. The van der Waals surface area contributed by atoms with Crippen molar-refractivity contribution in [2.45, 2.75) is 6.54 Å². The van der Waals surface area contributed by atoms with Crippen LogP contribution >= 0.6 is 22.9 Å². The number of aliphatic hydroxyl groups is 1. The standard InChI is InChI=1S/C23H19ClFN7O2S/c24-20-11-16(18(13-27-20)34-9-8-33)15-3-1-2-14-10-19(35-22(14)15)21-17(25)12-28-23(30-21)26-4-6-32-7-5-29-31-32/h1-3,5,7,10-13,33H,4,6,8-9H2,(H,26,28,30). The van der Waals surface area contributed by atoms with E-state index < -0.39 is 5.82 Å². The van der Waals surface area contributed by atoms with Crippen LogP contribution in [0.2, 0.25) is 5.15 Å². The second kappa shape index (κ2) is 10.3. The van der Waals surface area contributed by atoms with Crippen molar-refractivity contribution in [2.24, 2.45) is 0 Å². The summed E-state index contributed by atoms with van der Waals surface area (Å²) in [5.74, 6) is 0.302. The van der Waals surface area contributed by atoms with Gasteiger partial charge in [-0.05, 0) is 17.5 Å². The molecule has 178 valence electrons. The fourth-order valence-electron chi connectivity index (χ4n) is 3.55. The first-order chi connectivity index (χ1) is 17.1. The van der Waals surface area contributed by atoms with Crippen molar-refractivity contribution in [3.8, 4) is 27.4 Å². The maximum Gasteiger partial charge on any atom is 0.223 e. The van der Waals surface area contributed by atoms with Gasteiger partial charge in [0, 0.05) is 28.6 Å². The van der Waals surface area contributed by atoms with Gasteiger partial charge < -0.3 is 15.2 Å². The highest BCUT2D eigenvalue weighted by Crippen LogP contribution is 2.42. The Labute approximate surface area is 208 Å². The van der Waals surface area contributed by atoms with Crippen LogP contribution in [-0.2, 0) is 6.54 Å². The molecule has 35 heavy (non-hydrogen) atoms. The van der Waals surface area contributed by atoms with Gasteiger partial charge >= 0.3 is 0 Å². The van der Waals surface area contributed by atoms with Crippen molar-refractivity contribution in [2.75, 3.05) is 25.1 Å². The first-order valence-electron chi connectivity index (χ1n) is 10.7. The van der Waals surface area contributed by atoms with Crippen LogP contribution in [0, 0.1) is 5.82 Å². The number of anilines is 1. The van der Waals surface area contributed by atoms with Gasteiger partial charge in [0.15, 0.2) is 5.82 Å².